The van der Waals surface area contributed by atoms with E-state index in [-0.39, 0.29) is 41.7 Å². The molecular weight excluding hydrogens is 572 g/mol. The number of imidazole rings is 1. The third kappa shape index (κ3) is 5.92. The zero-order valence-corrected chi connectivity index (χ0v) is 25.3. The Balaban J connectivity index is 1.25. The molecule has 2 saturated heterocycles. The van der Waals surface area contributed by atoms with Gasteiger partial charge in [0.1, 0.15) is 35.0 Å². The van der Waals surface area contributed by atoms with Crippen LogP contribution in [-0.2, 0) is 11.3 Å². The highest BCUT2D eigenvalue weighted by molar-refractivity contribution is 5.98. The summed E-state index contributed by atoms with van der Waals surface area (Å²) in [6, 6.07) is 18.3. The van der Waals surface area contributed by atoms with Gasteiger partial charge in [-0.15, -0.1) is 0 Å². The van der Waals surface area contributed by atoms with E-state index in [2.05, 4.69) is 20.9 Å². The van der Waals surface area contributed by atoms with Crippen molar-refractivity contribution in [3.63, 3.8) is 0 Å². The van der Waals surface area contributed by atoms with Crippen LogP contribution in [0.5, 0.6) is 11.5 Å². The van der Waals surface area contributed by atoms with Gasteiger partial charge in [0.05, 0.1) is 17.8 Å². The standard InChI is InChI=1S/C33H36N8O4/c1-33(2,38-15-13-25(42)14-16-38)18-22(19-34)31(43)39-17-12-24(39)20-40-30-28(29(35)36-21-37-30)41(32(40)44)23-8-10-27(11-9-23)45-26-6-4-3-5-7-26/h3-11,18,21,24-25,42H,12-17,20H2,1-2H3,(H2,35,36,37)/b22-18-/t24-/m0/s1. The fraction of sp³-hybridized carbons (Fsp3) is 0.364. The molecule has 12 heteroatoms. The van der Waals surface area contributed by atoms with Gasteiger partial charge in [0.2, 0.25) is 0 Å². The fourth-order valence-electron chi connectivity index (χ4n) is 6.09. The van der Waals surface area contributed by atoms with E-state index < -0.39 is 5.54 Å². The molecule has 45 heavy (non-hydrogen) atoms. The number of ether oxygens (including phenoxy) is 1. The second-order valence-electron chi connectivity index (χ2n) is 12.1. The monoisotopic (exact) mass is 608 g/mol. The van der Waals surface area contributed by atoms with Gasteiger partial charge in [-0.25, -0.2) is 14.8 Å². The van der Waals surface area contributed by atoms with Gasteiger partial charge in [-0.2, -0.15) is 5.26 Å². The van der Waals surface area contributed by atoms with Crippen molar-refractivity contribution in [1.29, 1.82) is 5.26 Å². The van der Waals surface area contributed by atoms with Crippen molar-refractivity contribution in [2.45, 2.75) is 57.3 Å². The normalized spacial score (nSPS) is 18.0. The topological polar surface area (TPSA) is 156 Å². The Bertz CT molecular complexity index is 1830. The Morgan fingerprint density at radius 3 is 2.40 bits per heavy atom. The average Bonchev–Trinajstić information content (AvgIpc) is 3.31. The van der Waals surface area contributed by atoms with Crippen molar-refractivity contribution in [2.24, 2.45) is 0 Å². The summed E-state index contributed by atoms with van der Waals surface area (Å²) in [5, 5.41) is 19.9. The minimum atomic E-state index is -0.540. The van der Waals surface area contributed by atoms with Crippen molar-refractivity contribution < 1.29 is 14.6 Å². The number of hydrogen-bond donors (Lipinski definition) is 2. The van der Waals surface area contributed by atoms with Crippen LogP contribution >= 0.6 is 0 Å². The number of nitriles is 1. The second kappa shape index (κ2) is 12.2. The minimum absolute atomic E-state index is 0.0648. The maximum atomic E-state index is 13.9. The van der Waals surface area contributed by atoms with Crippen LogP contribution in [0.2, 0.25) is 0 Å². The summed E-state index contributed by atoms with van der Waals surface area (Å²) in [6.07, 6.45) is 4.70. The van der Waals surface area contributed by atoms with Gasteiger partial charge < -0.3 is 20.5 Å². The number of hydrogen-bond acceptors (Lipinski definition) is 9. The molecule has 2 aliphatic rings. The van der Waals surface area contributed by atoms with Gasteiger partial charge in [0, 0.05) is 31.7 Å². The molecule has 0 unspecified atom stereocenters. The number of para-hydroxylation sites is 1. The molecule has 1 amide bonds. The number of piperidine rings is 1. The van der Waals surface area contributed by atoms with E-state index >= 15 is 0 Å². The van der Waals surface area contributed by atoms with Crippen LogP contribution in [0.3, 0.4) is 0 Å². The number of amides is 1. The maximum absolute atomic E-state index is 13.9. The van der Waals surface area contributed by atoms with Crippen LogP contribution in [-0.4, -0.2) is 77.2 Å². The second-order valence-corrected chi connectivity index (χ2v) is 12.1. The van der Waals surface area contributed by atoms with Crippen molar-refractivity contribution in [3.05, 3.63) is 83.1 Å². The molecule has 0 spiro atoms. The first-order chi connectivity index (χ1) is 21.7. The van der Waals surface area contributed by atoms with Crippen molar-refractivity contribution in [3.8, 4) is 23.3 Å². The number of anilines is 1. The van der Waals surface area contributed by atoms with Crippen molar-refractivity contribution in [2.75, 3.05) is 25.4 Å². The Morgan fingerprint density at radius 1 is 1.07 bits per heavy atom. The lowest BCUT2D eigenvalue weighted by Crippen LogP contribution is -2.54. The molecule has 232 valence electrons. The largest absolute Gasteiger partial charge is 0.457 e. The van der Waals surface area contributed by atoms with Crippen LogP contribution in [0, 0.1) is 11.3 Å². The third-order valence-electron chi connectivity index (χ3n) is 8.73. The molecule has 0 saturated carbocycles. The summed E-state index contributed by atoms with van der Waals surface area (Å²) in [7, 11) is 0. The quantitative estimate of drug-likeness (QED) is 0.227. The highest BCUT2D eigenvalue weighted by atomic mass is 16.5. The van der Waals surface area contributed by atoms with Gasteiger partial charge in [0.15, 0.2) is 11.5 Å². The van der Waals surface area contributed by atoms with Gasteiger partial charge in [-0.05, 0) is 75.6 Å². The number of aliphatic hydroxyl groups is 1. The van der Waals surface area contributed by atoms with E-state index in [1.54, 1.807) is 35.2 Å². The molecular formula is C33H36N8O4. The van der Waals surface area contributed by atoms with Crippen LogP contribution in [0.25, 0.3) is 16.9 Å². The first kappa shape index (κ1) is 30.1. The Kier molecular flexibility index (Phi) is 8.14. The molecule has 12 nitrogen and oxygen atoms in total. The molecule has 2 aromatic carbocycles. The van der Waals surface area contributed by atoms with E-state index in [0.717, 1.165) is 0 Å². The highest BCUT2D eigenvalue weighted by Gasteiger charge is 2.37. The predicted octanol–water partition coefficient (Wildman–Crippen LogP) is 3.24. The predicted molar refractivity (Wildman–Crippen MR) is 169 cm³/mol. The third-order valence-corrected chi connectivity index (χ3v) is 8.73. The van der Waals surface area contributed by atoms with E-state index in [1.807, 2.05) is 44.2 Å². The van der Waals surface area contributed by atoms with Crippen LogP contribution < -0.4 is 16.2 Å². The Hall–Kier alpha value is -4.99. The molecule has 2 aromatic heterocycles. The SMILES string of the molecule is CC(C)(/C=C(/C#N)C(=O)N1CC[C@H]1Cn1c(=O)n(-c2ccc(Oc3ccccc3)cc2)c2c(N)ncnc21)N1CCC(O)CC1. The summed E-state index contributed by atoms with van der Waals surface area (Å²) >= 11 is 0. The number of aromatic nitrogens is 4. The summed E-state index contributed by atoms with van der Waals surface area (Å²) < 4.78 is 8.89. The van der Waals surface area contributed by atoms with Crippen LogP contribution in [0.1, 0.15) is 33.1 Å². The number of rotatable bonds is 8. The number of carbonyl (C=O) groups excluding carboxylic acids is 1. The first-order valence-electron chi connectivity index (χ1n) is 15.1. The van der Waals surface area contributed by atoms with Crippen LogP contribution in [0.15, 0.2) is 77.4 Å². The summed E-state index contributed by atoms with van der Waals surface area (Å²) in [5.41, 5.74) is 6.74. The average molecular weight is 609 g/mol. The molecule has 4 heterocycles. The summed E-state index contributed by atoms with van der Waals surface area (Å²) in [5.74, 6) is 1.10. The van der Waals surface area contributed by atoms with E-state index in [4.69, 9.17) is 10.5 Å². The number of benzene rings is 2. The zero-order valence-electron chi connectivity index (χ0n) is 25.3. The molecule has 0 bridgehead atoms. The number of aliphatic hydroxyl groups excluding tert-OH is 1. The fourth-order valence-corrected chi connectivity index (χ4v) is 6.09. The number of nitrogens with zero attached hydrogens (tertiary/aromatic N) is 7. The number of carbonyl (C=O) groups is 1. The summed E-state index contributed by atoms with van der Waals surface area (Å²) in [4.78, 5) is 39.9. The van der Waals surface area contributed by atoms with Gasteiger partial charge in [-0.3, -0.25) is 18.8 Å². The van der Waals surface area contributed by atoms with E-state index in [9.17, 15) is 20.0 Å². The minimum Gasteiger partial charge on any atom is -0.457 e. The molecule has 2 fully saturated rings. The smallest absolute Gasteiger partial charge is 0.335 e. The van der Waals surface area contributed by atoms with Crippen molar-refractivity contribution >= 4 is 22.9 Å². The lowest BCUT2D eigenvalue weighted by atomic mass is 9.93. The Labute approximate surface area is 260 Å². The molecule has 0 radical (unpaired) electrons. The highest BCUT2D eigenvalue weighted by Crippen LogP contribution is 2.29. The van der Waals surface area contributed by atoms with E-state index in [0.29, 0.717) is 67.2 Å². The maximum Gasteiger partial charge on any atom is 0.335 e. The molecule has 3 N–H and O–H groups in total. The van der Waals surface area contributed by atoms with Crippen LogP contribution in [0.4, 0.5) is 5.82 Å². The van der Waals surface area contributed by atoms with Gasteiger partial charge in [-0.1, -0.05) is 18.2 Å². The van der Waals surface area contributed by atoms with Gasteiger partial charge in [0.25, 0.3) is 5.91 Å². The molecule has 0 aliphatic carbocycles. The first-order valence-corrected chi connectivity index (χ1v) is 15.1. The number of nitrogens with two attached hydrogens (primary N) is 1. The molecule has 1 atom stereocenters. The van der Waals surface area contributed by atoms with Crippen molar-refractivity contribution in [1.82, 2.24) is 28.9 Å². The lowest BCUT2D eigenvalue weighted by molar-refractivity contribution is -0.134. The molecule has 6 rings (SSSR count). The number of fused-ring (bicyclic) bond motifs is 1. The number of likely N-dealkylation sites (tertiary alicyclic amines) is 2. The zero-order chi connectivity index (χ0) is 31.7. The lowest BCUT2D eigenvalue weighted by Gasteiger charge is -2.42. The number of nitrogen functional groups attached to an aromatic ring is 1. The van der Waals surface area contributed by atoms with Gasteiger partial charge >= 0.3 is 5.69 Å². The Morgan fingerprint density at radius 2 is 1.76 bits per heavy atom. The molecule has 4 aromatic rings. The summed E-state index contributed by atoms with van der Waals surface area (Å²) in [6.45, 7) is 5.98. The molecule has 2 aliphatic heterocycles. The van der Waals surface area contributed by atoms with E-state index in [1.165, 1.54) is 15.5 Å².